The first-order valence-corrected chi connectivity index (χ1v) is 2.87. The molecule has 1 heterocycles. The van der Waals surface area contributed by atoms with E-state index < -0.39 is 0 Å². The van der Waals surface area contributed by atoms with E-state index in [-0.39, 0.29) is 5.79 Å². The zero-order chi connectivity index (χ0) is 5.45. The molecule has 0 N–H and O–H groups in total. The van der Waals surface area contributed by atoms with E-state index in [4.69, 9.17) is 9.47 Å². The molecule has 44 valence electrons. The van der Waals surface area contributed by atoms with Gasteiger partial charge in [0, 0.05) is 6.42 Å². The average molecular weight is 112 g/mol. The van der Waals surface area contributed by atoms with Crippen LogP contribution in [0.4, 0.5) is 0 Å². The molecule has 1 aliphatic heterocycles. The van der Waals surface area contributed by atoms with Gasteiger partial charge in [-0.2, -0.15) is 0 Å². The van der Waals surface area contributed by atoms with Crippen LogP contribution in [0.15, 0.2) is 12.2 Å². The lowest BCUT2D eigenvalue weighted by Crippen LogP contribution is -2.31. The summed E-state index contributed by atoms with van der Waals surface area (Å²) in [5.74, 6) is -0.264. The molecule has 0 saturated carbocycles. The minimum atomic E-state index is -0.264. The summed E-state index contributed by atoms with van der Waals surface area (Å²) in [6.07, 6.45) is 4.97. The van der Waals surface area contributed by atoms with Crippen LogP contribution in [0.5, 0.6) is 0 Å². The van der Waals surface area contributed by atoms with Crippen molar-refractivity contribution in [3.8, 4) is 0 Å². The SMILES string of the molecule is C1=CC2(C1)OCCO2. The van der Waals surface area contributed by atoms with Gasteiger partial charge < -0.3 is 9.47 Å². The van der Waals surface area contributed by atoms with Crippen LogP contribution in [-0.4, -0.2) is 19.0 Å². The fraction of sp³-hybridized carbons (Fsp3) is 0.667. The smallest absolute Gasteiger partial charge is 0.191 e. The lowest BCUT2D eigenvalue weighted by molar-refractivity contribution is -0.125. The summed E-state index contributed by atoms with van der Waals surface area (Å²) in [6, 6.07) is 0. The molecule has 2 rings (SSSR count). The van der Waals surface area contributed by atoms with Gasteiger partial charge in [0.2, 0.25) is 0 Å². The molecule has 2 nitrogen and oxygen atoms in total. The van der Waals surface area contributed by atoms with E-state index in [1.54, 1.807) is 0 Å². The Bertz CT molecular complexity index is 122. The van der Waals surface area contributed by atoms with Crippen molar-refractivity contribution < 1.29 is 9.47 Å². The third-order valence-electron chi connectivity index (χ3n) is 1.55. The van der Waals surface area contributed by atoms with Crippen LogP contribution in [0.1, 0.15) is 6.42 Å². The Morgan fingerprint density at radius 3 is 2.12 bits per heavy atom. The topological polar surface area (TPSA) is 18.5 Å². The Hall–Kier alpha value is -0.340. The summed E-state index contributed by atoms with van der Waals surface area (Å²) in [6.45, 7) is 1.51. The standard InChI is InChI=1S/C6H8O2/c1-2-6(3-1)7-4-5-8-6/h1-2H,3-5H2. The van der Waals surface area contributed by atoms with Gasteiger partial charge in [0.25, 0.3) is 0 Å². The van der Waals surface area contributed by atoms with Crippen molar-refractivity contribution in [1.29, 1.82) is 0 Å². The second-order valence-electron chi connectivity index (χ2n) is 2.12. The summed E-state index contributed by atoms with van der Waals surface area (Å²) in [5.41, 5.74) is 0. The summed E-state index contributed by atoms with van der Waals surface area (Å²) in [5, 5.41) is 0. The van der Waals surface area contributed by atoms with Crippen molar-refractivity contribution in [3.63, 3.8) is 0 Å². The van der Waals surface area contributed by atoms with Crippen molar-refractivity contribution in [3.05, 3.63) is 12.2 Å². The Balaban J connectivity index is 2.14. The molecule has 0 aromatic heterocycles. The molecule has 0 bridgehead atoms. The first-order chi connectivity index (χ1) is 3.91. The Morgan fingerprint density at radius 1 is 1.25 bits per heavy atom. The molecule has 1 fully saturated rings. The molecule has 0 aromatic carbocycles. The zero-order valence-electron chi connectivity index (χ0n) is 4.59. The molecule has 1 aliphatic carbocycles. The summed E-state index contributed by atoms with van der Waals surface area (Å²) in [4.78, 5) is 0. The largest absolute Gasteiger partial charge is 0.344 e. The predicted molar refractivity (Wildman–Crippen MR) is 28.4 cm³/mol. The minimum absolute atomic E-state index is 0.264. The van der Waals surface area contributed by atoms with Gasteiger partial charge in [-0.15, -0.1) is 0 Å². The third-order valence-corrected chi connectivity index (χ3v) is 1.55. The minimum Gasteiger partial charge on any atom is -0.344 e. The highest BCUT2D eigenvalue weighted by Crippen LogP contribution is 2.31. The molecule has 2 heteroatoms. The molecule has 0 radical (unpaired) electrons. The lowest BCUT2D eigenvalue weighted by atomic mass is 10.0. The lowest BCUT2D eigenvalue weighted by Gasteiger charge is -2.28. The van der Waals surface area contributed by atoms with Gasteiger partial charge in [0.1, 0.15) is 0 Å². The van der Waals surface area contributed by atoms with Gasteiger partial charge in [-0.1, -0.05) is 6.08 Å². The van der Waals surface area contributed by atoms with Crippen LogP contribution in [0.25, 0.3) is 0 Å². The molecular weight excluding hydrogens is 104 g/mol. The van der Waals surface area contributed by atoms with E-state index in [9.17, 15) is 0 Å². The molecule has 0 aromatic rings. The van der Waals surface area contributed by atoms with Gasteiger partial charge in [-0.25, -0.2) is 0 Å². The molecule has 0 amide bonds. The van der Waals surface area contributed by atoms with Crippen molar-refractivity contribution >= 4 is 0 Å². The maximum absolute atomic E-state index is 5.27. The number of hydrogen-bond acceptors (Lipinski definition) is 2. The van der Waals surface area contributed by atoms with Gasteiger partial charge >= 0.3 is 0 Å². The van der Waals surface area contributed by atoms with Crippen LogP contribution in [0.2, 0.25) is 0 Å². The van der Waals surface area contributed by atoms with Crippen molar-refractivity contribution in [2.75, 3.05) is 13.2 Å². The highest BCUT2D eigenvalue weighted by atomic mass is 16.7. The normalized spacial score (nSPS) is 31.0. The number of rotatable bonds is 0. The molecule has 8 heavy (non-hydrogen) atoms. The van der Waals surface area contributed by atoms with Crippen LogP contribution in [0.3, 0.4) is 0 Å². The van der Waals surface area contributed by atoms with Crippen molar-refractivity contribution in [1.82, 2.24) is 0 Å². The van der Waals surface area contributed by atoms with Crippen molar-refractivity contribution in [2.24, 2.45) is 0 Å². The predicted octanol–water partition coefficient (Wildman–Crippen LogP) is 0.689. The fourth-order valence-electron chi connectivity index (χ4n) is 0.995. The van der Waals surface area contributed by atoms with E-state index in [0.717, 1.165) is 19.6 Å². The monoisotopic (exact) mass is 112 g/mol. The summed E-state index contributed by atoms with van der Waals surface area (Å²) < 4.78 is 10.5. The zero-order valence-corrected chi connectivity index (χ0v) is 4.59. The van der Waals surface area contributed by atoms with E-state index in [2.05, 4.69) is 6.08 Å². The van der Waals surface area contributed by atoms with E-state index in [1.807, 2.05) is 6.08 Å². The molecule has 1 spiro atoms. The molecule has 0 atom stereocenters. The number of ether oxygens (including phenoxy) is 2. The van der Waals surface area contributed by atoms with Crippen molar-refractivity contribution in [2.45, 2.75) is 12.2 Å². The van der Waals surface area contributed by atoms with Crippen LogP contribution >= 0.6 is 0 Å². The summed E-state index contributed by atoms with van der Waals surface area (Å²) in [7, 11) is 0. The fourth-order valence-corrected chi connectivity index (χ4v) is 0.995. The van der Waals surface area contributed by atoms with Gasteiger partial charge in [-0.3, -0.25) is 0 Å². The van der Waals surface area contributed by atoms with E-state index in [0.29, 0.717) is 0 Å². The molecule has 2 aliphatic rings. The molecule has 0 unspecified atom stereocenters. The molecular formula is C6H8O2. The quantitative estimate of drug-likeness (QED) is 0.429. The first kappa shape index (κ1) is 4.53. The van der Waals surface area contributed by atoms with E-state index >= 15 is 0 Å². The highest BCUT2D eigenvalue weighted by molar-refractivity contribution is 5.11. The van der Waals surface area contributed by atoms with E-state index in [1.165, 1.54) is 0 Å². The number of hydrogen-bond donors (Lipinski definition) is 0. The van der Waals surface area contributed by atoms with Crippen LogP contribution in [0, 0.1) is 0 Å². The van der Waals surface area contributed by atoms with Gasteiger partial charge in [0.05, 0.1) is 13.2 Å². The maximum Gasteiger partial charge on any atom is 0.191 e. The average Bonchev–Trinajstić information content (AvgIpc) is 2.07. The maximum atomic E-state index is 5.27. The van der Waals surface area contributed by atoms with Gasteiger partial charge in [-0.05, 0) is 6.08 Å². The van der Waals surface area contributed by atoms with Crippen LogP contribution < -0.4 is 0 Å². The second kappa shape index (κ2) is 1.33. The Morgan fingerprint density at radius 2 is 1.88 bits per heavy atom. The Kier molecular flexibility index (Phi) is 0.754. The highest BCUT2D eigenvalue weighted by Gasteiger charge is 2.37. The third kappa shape index (κ3) is 0.443. The Labute approximate surface area is 48.1 Å². The second-order valence-corrected chi connectivity index (χ2v) is 2.12. The first-order valence-electron chi connectivity index (χ1n) is 2.87. The molecule has 1 saturated heterocycles. The van der Waals surface area contributed by atoms with Gasteiger partial charge in [0.15, 0.2) is 5.79 Å². The summed E-state index contributed by atoms with van der Waals surface area (Å²) >= 11 is 0. The van der Waals surface area contributed by atoms with Crippen LogP contribution in [-0.2, 0) is 9.47 Å².